The molecule has 7 rings (SSSR count). The molecule has 1 aromatic carbocycles. The number of sulfonamides is 1. The van der Waals surface area contributed by atoms with Gasteiger partial charge < -0.3 is 24.6 Å². The van der Waals surface area contributed by atoms with Crippen LogP contribution >= 0.6 is 27.3 Å². The van der Waals surface area contributed by atoms with Crippen molar-refractivity contribution in [1.29, 1.82) is 0 Å². The van der Waals surface area contributed by atoms with Crippen LogP contribution in [0.1, 0.15) is 77.3 Å². The van der Waals surface area contributed by atoms with Crippen molar-refractivity contribution in [2.24, 2.45) is 5.92 Å². The third kappa shape index (κ3) is 7.13. The first-order chi connectivity index (χ1) is 25.2. The number of carbonyl (C=O) groups excluding carboxylic acids is 3. The zero-order chi connectivity index (χ0) is 37.9. The van der Waals surface area contributed by atoms with E-state index < -0.39 is 44.4 Å². The smallest absolute Gasteiger partial charge is 0.319 e. The Balaban J connectivity index is 1.21. The van der Waals surface area contributed by atoms with Gasteiger partial charge in [0.05, 0.1) is 34.1 Å². The molecule has 4 atom stereocenters. The second-order valence-corrected chi connectivity index (χ2v) is 19.0. The highest BCUT2D eigenvalue weighted by molar-refractivity contribution is 9.10. The number of benzene rings is 1. The third-order valence-corrected chi connectivity index (χ3v) is 14.7. The number of urea groups is 1. The summed E-state index contributed by atoms with van der Waals surface area (Å²) < 4.78 is 40.4. The summed E-state index contributed by atoms with van der Waals surface area (Å²) in [6.07, 6.45) is 6.97. The molecule has 2 aliphatic heterocycles. The van der Waals surface area contributed by atoms with E-state index in [9.17, 15) is 22.8 Å². The number of fused-ring (bicyclic) bond motifs is 3. The fourth-order valence-corrected chi connectivity index (χ4v) is 9.87. The summed E-state index contributed by atoms with van der Waals surface area (Å²) in [5.74, 6) is -0.0288. The van der Waals surface area contributed by atoms with Gasteiger partial charge in [-0.05, 0) is 79.4 Å². The normalized spacial score (nSPS) is 26.4. The Labute approximate surface area is 322 Å². The summed E-state index contributed by atoms with van der Waals surface area (Å²) in [6, 6.07) is 4.02. The molecule has 16 heteroatoms. The number of amides is 4. The molecule has 2 N–H and O–H groups in total. The first kappa shape index (κ1) is 37.6. The Bertz CT molecular complexity index is 2100. The minimum Gasteiger partial charge on any atom is -0.495 e. The van der Waals surface area contributed by atoms with Gasteiger partial charge in [0.25, 0.3) is 5.91 Å². The minimum atomic E-state index is -3.94. The van der Waals surface area contributed by atoms with Gasteiger partial charge in [-0.1, -0.05) is 26.0 Å². The lowest BCUT2D eigenvalue weighted by atomic mass is 10.1. The maximum Gasteiger partial charge on any atom is 0.319 e. The molecule has 0 spiro atoms. The molecule has 3 aromatic rings. The molecule has 0 bridgehead atoms. The number of methoxy groups -OCH3 is 1. The molecule has 4 heterocycles. The van der Waals surface area contributed by atoms with Crippen LogP contribution in [-0.4, -0.2) is 95.7 Å². The SMILES string of the molecule is COc1ccc2c(O[C@H]3C[C@H]4C(=O)N(C)CCCC/C=C/[C@@H]5C[C@@]5(C(=O)NS(=O)(=O)C5(C)CC5)NC(=O)N4C3)cc(-c3nc(C(C)C)cs3)nc2c1Br. The number of ether oxygens (including phenoxy) is 2. The number of rotatable bonds is 8. The van der Waals surface area contributed by atoms with E-state index in [1.54, 1.807) is 26.0 Å². The molecule has 284 valence electrons. The van der Waals surface area contributed by atoms with E-state index in [-0.39, 0.29) is 37.1 Å². The highest BCUT2D eigenvalue weighted by atomic mass is 79.9. The number of carbonyl (C=O) groups is 3. The van der Waals surface area contributed by atoms with E-state index in [0.29, 0.717) is 52.0 Å². The van der Waals surface area contributed by atoms with Gasteiger partial charge in [0, 0.05) is 42.8 Å². The van der Waals surface area contributed by atoms with Gasteiger partial charge >= 0.3 is 6.03 Å². The standard InChI is InChI=1S/C37H45BrN6O7S2/c1-21(2)26-20-52-32(40-26)25-17-29(24-11-12-28(50-5)30(38)31(24)39-25)51-23-16-27-33(45)43(4)15-9-7-6-8-10-22-18-37(22,41-35(47)44(27)19-23)34(46)42-53(48,49)36(3)13-14-36/h8,10-12,17,20-23,27H,6-7,9,13-16,18-19H2,1-5H3,(H,41,47)(H,42,46)/b10-8+/t22-,23+,27+,37-/m1/s1. The molecule has 1 saturated heterocycles. The zero-order valence-electron chi connectivity index (χ0n) is 30.5. The molecule has 2 saturated carbocycles. The van der Waals surface area contributed by atoms with Crippen LogP contribution in [0.15, 0.2) is 40.2 Å². The number of pyridine rings is 1. The number of nitrogens with one attached hydrogen (secondary N) is 2. The highest BCUT2D eigenvalue weighted by Crippen LogP contribution is 2.48. The quantitative estimate of drug-likeness (QED) is 0.270. The summed E-state index contributed by atoms with van der Waals surface area (Å²) in [4.78, 5) is 54.9. The largest absolute Gasteiger partial charge is 0.495 e. The maximum atomic E-state index is 14.3. The fourth-order valence-electron chi connectivity index (χ4n) is 7.03. The van der Waals surface area contributed by atoms with Crippen molar-refractivity contribution in [1.82, 2.24) is 29.8 Å². The molecule has 2 aliphatic carbocycles. The Morgan fingerprint density at radius 3 is 2.64 bits per heavy atom. The molecule has 0 unspecified atom stereocenters. The van der Waals surface area contributed by atoms with E-state index in [1.807, 2.05) is 35.7 Å². The van der Waals surface area contributed by atoms with Crippen molar-refractivity contribution in [2.45, 2.75) is 94.1 Å². The second-order valence-electron chi connectivity index (χ2n) is 15.1. The van der Waals surface area contributed by atoms with E-state index in [0.717, 1.165) is 30.0 Å². The Morgan fingerprint density at radius 1 is 1.17 bits per heavy atom. The summed E-state index contributed by atoms with van der Waals surface area (Å²) in [6.45, 7) is 6.35. The molecule has 0 radical (unpaired) electrons. The number of aromatic nitrogens is 2. The van der Waals surface area contributed by atoms with Crippen LogP contribution in [-0.2, 0) is 19.6 Å². The molecule has 13 nitrogen and oxygen atoms in total. The van der Waals surface area contributed by atoms with E-state index in [1.165, 1.54) is 16.2 Å². The van der Waals surface area contributed by atoms with Gasteiger partial charge in [-0.3, -0.25) is 14.3 Å². The van der Waals surface area contributed by atoms with Crippen molar-refractivity contribution in [3.05, 3.63) is 45.9 Å². The maximum absolute atomic E-state index is 14.3. The molecule has 53 heavy (non-hydrogen) atoms. The van der Waals surface area contributed by atoms with Crippen molar-refractivity contribution < 1.29 is 32.3 Å². The number of halogens is 1. The van der Waals surface area contributed by atoms with Crippen LogP contribution in [0.2, 0.25) is 0 Å². The summed E-state index contributed by atoms with van der Waals surface area (Å²) in [7, 11) is -0.628. The summed E-state index contributed by atoms with van der Waals surface area (Å²) >= 11 is 5.15. The Morgan fingerprint density at radius 2 is 1.94 bits per heavy atom. The number of nitrogens with zero attached hydrogens (tertiary/aromatic N) is 4. The second kappa shape index (κ2) is 14.1. The van der Waals surface area contributed by atoms with Gasteiger partial charge in [0.1, 0.15) is 39.9 Å². The van der Waals surface area contributed by atoms with Gasteiger partial charge in [-0.25, -0.2) is 23.2 Å². The van der Waals surface area contributed by atoms with Crippen LogP contribution in [0.3, 0.4) is 0 Å². The minimum absolute atomic E-state index is 0.0515. The van der Waals surface area contributed by atoms with Crippen LogP contribution in [0.25, 0.3) is 21.6 Å². The predicted octanol–water partition coefficient (Wildman–Crippen LogP) is 5.74. The number of hydrogen-bond acceptors (Lipinski definition) is 10. The van der Waals surface area contributed by atoms with Crippen LogP contribution in [0, 0.1) is 5.92 Å². The predicted molar refractivity (Wildman–Crippen MR) is 205 cm³/mol. The van der Waals surface area contributed by atoms with Crippen molar-refractivity contribution in [2.75, 3.05) is 27.2 Å². The van der Waals surface area contributed by atoms with Gasteiger partial charge in [0.2, 0.25) is 15.9 Å². The molecular weight excluding hydrogens is 784 g/mol. The fraction of sp³-hybridized carbons (Fsp3) is 0.541. The molecule has 4 amide bonds. The average Bonchev–Trinajstić information content (AvgIpc) is 3.89. The number of allylic oxidation sites excluding steroid dienone is 1. The van der Waals surface area contributed by atoms with Gasteiger partial charge in [-0.15, -0.1) is 11.3 Å². The molecule has 3 fully saturated rings. The van der Waals surface area contributed by atoms with Crippen LogP contribution < -0.4 is 19.5 Å². The first-order valence-electron chi connectivity index (χ1n) is 18.0. The van der Waals surface area contributed by atoms with Crippen molar-refractivity contribution in [3.8, 4) is 22.2 Å². The molecule has 4 aliphatic rings. The van der Waals surface area contributed by atoms with Gasteiger partial charge in [-0.2, -0.15) is 0 Å². The van der Waals surface area contributed by atoms with Gasteiger partial charge in [0.15, 0.2) is 0 Å². The topological polar surface area (TPSA) is 160 Å². The molecule has 2 aromatic heterocycles. The average molecular weight is 830 g/mol. The highest BCUT2D eigenvalue weighted by Gasteiger charge is 2.63. The van der Waals surface area contributed by atoms with E-state index in [4.69, 9.17) is 19.4 Å². The number of thiazole rings is 1. The Hall–Kier alpha value is -3.76. The lowest BCUT2D eigenvalue weighted by Gasteiger charge is -2.30. The van der Waals surface area contributed by atoms with Crippen LogP contribution in [0.5, 0.6) is 11.5 Å². The Kier molecular flexibility index (Phi) is 10.0. The third-order valence-electron chi connectivity index (χ3n) is 10.9. The first-order valence-corrected chi connectivity index (χ1v) is 21.2. The zero-order valence-corrected chi connectivity index (χ0v) is 33.7. The summed E-state index contributed by atoms with van der Waals surface area (Å²) in [5.41, 5.74) is 0.717. The lowest BCUT2D eigenvalue weighted by molar-refractivity contribution is -0.134. The number of hydrogen-bond donors (Lipinski definition) is 2. The molecular formula is C37H45BrN6O7S2. The van der Waals surface area contributed by atoms with E-state index in [2.05, 4.69) is 39.8 Å². The monoisotopic (exact) mass is 828 g/mol. The van der Waals surface area contributed by atoms with E-state index >= 15 is 0 Å². The summed E-state index contributed by atoms with van der Waals surface area (Å²) in [5, 5.41) is 6.34. The lowest BCUT2D eigenvalue weighted by Crippen LogP contribution is -2.58. The number of likely N-dealkylation sites (N-methyl/N-ethyl adjacent to an activating group) is 1. The van der Waals surface area contributed by atoms with Crippen molar-refractivity contribution in [3.63, 3.8) is 0 Å². The van der Waals surface area contributed by atoms with Crippen LogP contribution in [0.4, 0.5) is 4.79 Å². The van der Waals surface area contributed by atoms with Crippen molar-refractivity contribution >= 4 is 66.0 Å².